The number of hydrogen-bond donors (Lipinski definition) is 1. The summed E-state index contributed by atoms with van der Waals surface area (Å²) in [6, 6.07) is 10.5. The summed E-state index contributed by atoms with van der Waals surface area (Å²) in [6.45, 7) is 1.44. The quantitative estimate of drug-likeness (QED) is 0.435. The van der Waals surface area contributed by atoms with Crippen molar-refractivity contribution in [3.63, 3.8) is 0 Å². The summed E-state index contributed by atoms with van der Waals surface area (Å²) in [4.78, 5) is 6.18. The van der Waals surface area contributed by atoms with Crippen LogP contribution in [0.1, 0.15) is 18.4 Å². The van der Waals surface area contributed by atoms with E-state index in [1.54, 1.807) is 18.3 Å². The fourth-order valence-corrected chi connectivity index (χ4v) is 5.56. The van der Waals surface area contributed by atoms with Gasteiger partial charge in [-0.1, -0.05) is 23.9 Å². The Balaban J connectivity index is 1.50. The standard InChI is InChI=1S/C21H20FN5OS2/c22-14-5-1-4-13(10-14)12-29-21-26-25-19(27(21)11-15-6-3-9-28-15)18-17(23)16-7-2-8-24-20(16)30-18/h1-2,4-5,7-8,10,15H,3,6,9,11-12,23H2/t15-/m1/s1. The third-order valence-corrected chi connectivity index (χ3v) is 7.25. The smallest absolute Gasteiger partial charge is 0.191 e. The van der Waals surface area contributed by atoms with Crippen molar-refractivity contribution in [1.29, 1.82) is 0 Å². The van der Waals surface area contributed by atoms with Crippen LogP contribution in [-0.4, -0.2) is 32.5 Å². The van der Waals surface area contributed by atoms with Crippen LogP contribution in [0.4, 0.5) is 10.1 Å². The van der Waals surface area contributed by atoms with Crippen molar-refractivity contribution < 1.29 is 9.13 Å². The molecule has 1 aliphatic rings. The second kappa shape index (κ2) is 8.33. The van der Waals surface area contributed by atoms with Crippen LogP contribution in [0.2, 0.25) is 0 Å². The van der Waals surface area contributed by atoms with Gasteiger partial charge in [0.1, 0.15) is 10.6 Å². The predicted molar refractivity (Wildman–Crippen MR) is 118 cm³/mol. The van der Waals surface area contributed by atoms with Crippen LogP contribution < -0.4 is 5.73 Å². The molecule has 0 saturated carbocycles. The normalized spacial score (nSPS) is 16.5. The number of nitrogen functional groups attached to an aromatic ring is 1. The van der Waals surface area contributed by atoms with Crippen molar-refractivity contribution in [3.05, 3.63) is 54.0 Å². The van der Waals surface area contributed by atoms with Gasteiger partial charge in [0.2, 0.25) is 0 Å². The zero-order valence-corrected chi connectivity index (χ0v) is 17.8. The molecule has 154 valence electrons. The molecule has 2 N–H and O–H groups in total. The molecule has 1 aliphatic heterocycles. The van der Waals surface area contributed by atoms with Gasteiger partial charge in [0.05, 0.1) is 23.2 Å². The van der Waals surface area contributed by atoms with Gasteiger partial charge in [-0.2, -0.15) is 0 Å². The van der Waals surface area contributed by atoms with Gasteiger partial charge in [-0.15, -0.1) is 21.5 Å². The third kappa shape index (κ3) is 3.80. The highest BCUT2D eigenvalue weighted by molar-refractivity contribution is 7.98. The third-order valence-electron chi connectivity index (χ3n) is 5.09. The van der Waals surface area contributed by atoms with Crippen molar-refractivity contribution in [2.75, 3.05) is 12.3 Å². The lowest BCUT2D eigenvalue weighted by molar-refractivity contribution is 0.0953. The number of aromatic nitrogens is 4. The maximum atomic E-state index is 13.5. The topological polar surface area (TPSA) is 78.8 Å². The Morgan fingerprint density at radius 1 is 1.27 bits per heavy atom. The molecule has 0 amide bonds. The maximum Gasteiger partial charge on any atom is 0.191 e. The Morgan fingerprint density at radius 2 is 2.20 bits per heavy atom. The molecule has 3 aromatic heterocycles. The SMILES string of the molecule is Nc1c(-c2nnc(SCc3cccc(F)c3)n2C[C@H]2CCCO2)sc2ncccc12. The molecule has 0 unspecified atom stereocenters. The largest absolute Gasteiger partial charge is 0.397 e. The molecule has 5 rings (SSSR count). The van der Waals surface area contributed by atoms with Gasteiger partial charge in [-0.25, -0.2) is 9.37 Å². The fraction of sp³-hybridized carbons (Fsp3) is 0.286. The zero-order chi connectivity index (χ0) is 20.5. The first-order valence-corrected chi connectivity index (χ1v) is 11.5. The number of ether oxygens (including phenoxy) is 1. The van der Waals surface area contributed by atoms with Gasteiger partial charge in [0.25, 0.3) is 0 Å². The van der Waals surface area contributed by atoms with Crippen LogP contribution in [0.25, 0.3) is 20.9 Å². The highest BCUT2D eigenvalue weighted by Gasteiger charge is 2.24. The first kappa shape index (κ1) is 19.5. The van der Waals surface area contributed by atoms with E-state index in [2.05, 4.69) is 19.7 Å². The minimum Gasteiger partial charge on any atom is -0.397 e. The summed E-state index contributed by atoms with van der Waals surface area (Å²) < 4.78 is 21.5. The van der Waals surface area contributed by atoms with Gasteiger partial charge in [-0.05, 0) is 42.7 Å². The molecule has 1 saturated heterocycles. The lowest BCUT2D eigenvalue weighted by atomic mass is 10.2. The molecule has 1 aromatic carbocycles. The number of thioether (sulfide) groups is 1. The molecule has 0 spiro atoms. The van der Waals surface area contributed by atoms with Gasteiger partial charge >= 0.3 is 0 Å². The monoisotopic (exact) mass is 441 g/mol. The number of benzene rings is 1. The Morgan fingerprint density at radius 3 is 3.00 bits per heavy atom. The molecule has 9 heteroatoms. The second-order valence-corrected chi connectivity index (χ2v) is 9.11. The number of halogens is 1. The number of rotatable bonds is 6. The van der Waals surface area contributed by atoms with E-state index >= 15 is 0 Å². The van der Waals surface area contributed by atoms with Crippen molar-refractivity contribution in [1.82, 2.24) is 19.7 Å². The first-order chi connectivity index (χ1) is 14.7. The van der Waals surface area contributed by atoms with Crippen molar-refractivity contribution in [3.8, 4) is 10.7 Å². The fourth-order valence-electron chi connectivity index (χ4n) is 3.61. The van der Waals surface area contributed by atoms with Crippen LogP contribution in [-0.2, 0) is 17.0 Å². The minimum atomic E-state index is -0.236. The minimum absolute atomic E-state index is 0.127. The highest BCUT2D eigenvalue weighted by Crippen LogP contribution is 2.40. The van der Waals surface area contributed by atoms with Crippen LogP contribution in [0.5, 0.6) is 0 Å². The number of pyridine rings is 1. The zero-order valence-electron chi connectivity index (χ0n) is 16.1. The van der Waals surface area contributed by atoms with Gasteiger partial charge < -0.3 is 10.5 Å². The Kier molecular flexibility index (Phi) is 5.41. The lowest BCUT2D eigenvalue weighted by Gasteiger charge is -2.14. The van der Waals surface area contributed by atoms with E-state index in [1.807, 2.05) is 18.2 Å². The molecule has 6 nitrogen and oxygen atoms in total. The second-order valence-electron chi connectivity index (χ2n) is 7.17. The van der Waals surface area contributed by atoms with E-state index in [4.69, 9.17) is 10.5 Å². The lowest BCUT2D eigenvalue weighted by Crippen LogP contribution is -2.16. The number of nitrogens with zero attached hydrogens (tertiary/aromatic N) is 4. The van der Waals surface area contributed by atoms with Gasteiger partial charge in [0.15, 0.2) is 11.0 Å². The summed E-state index contributed by atoms with van der Waals surface area (Å²) in [5.41, 5.74) is 8.02. The van der Waals surface area contributed by atoms with Crippen molar-refractivity contribution in [2.24, 2.45) is 0 Å². The Hall–Kier alpha value is -2.49. The summed E-state index contributed by atoms with van der Waals surface area (Å²) in [5.74, 6) is 1.10. The van der Waals surface area contributed by atoms with E-state index < -0.39 is 0 Å². The molecule has 1 atom stereocenters. The van der Waals surface area contributed by atoms with E-state index in [-0.39, 0.29) is 11.9 Å². The average Bonchev–Trinajstić information content (AvgIpc) is 3.47. The van der Waals surface area contributed by atoms with Crippen LogP contribution in [0, 0.1) is 5.82 Å². The van der Waals surface area contributed by atoms with Crippen LogP contribution >= 0.6 is 23.1 Å². The summed E-state index contributed by atoms with van der Waals surface area (Å²) in [7, 11) is 0. The molecule has 30 heavy (non-hydrogen) atoms. The Bertz CT molecular complexity index is 1190. The average molecular weight is 442 g/mol. The predicted octanol–water partition coefficient (Wildman–Crippen LogP) is 4.75. The van der Waals surface area contributed by atoms with Crippen molar-refractivity contribution in [2.45, 2.75) is 36.4 Å². The molecule has 0 bridgehead atoms. The Labute approximate surface area is 181 Å². The maximum absolute atomic E-state index is 13.5. The van der Waals surface area contributed by atoms with E-state index in [1.165, 1.54) is 29.2 Å². The molecule has 4 heterocycles. The summed E-state index contributed by atoms with van der Waals surface area (Å²) >= 11 is 3.06. The number of nitrogens with two attached hydrogens (primary N) is 1. The summed E-state index contributed by atoms with van der Waals surface area (Å²) in [5, 5.41) is 10.6. The molecule has 0 radical (unpaired) electrons. The van der Waals surface area contributed by atoms with Crippen molar-refractivity contribution >= 4 is 39.0 Å². The molecular weight excluding hydrogens is 421 g/mol. The van der Waals surface area contributed by atoms with E-state index in [0.29, 0.717) is 18.0 Å². The highest BCUT2D eigenvalue weighted by atomic mass is 32.2. The van der Waals surface area contributed by atoms with Gasteiger partial charge in [0, 0.05) is 23.9 Å². The van der Waals surface area contributed by atoms with E-state index in [9.17, 15) is 4.39 Å². The number of fused-ring (bicyclic) bond motifs is 1. The van der Waals surface area contributed by atoms with Crippen LogP contribution in [0.15, 0.2) is 47.8 Å². The number of anilines is 1. The van der Waals surface area contributed by atoms with E-state index in [0.717, 1.165) is 51.1 Å². The van der Waals surface area contributed by atoms with Gasteiger partial charge in [-0.3, -0.25) is 4.57 Å². The number of thiophene rings is 1. The molecule has 1 fully saturated rings. The number of hydrogen-bond acceptors (Lipinski definition) is 7. The molecular formula is C21H20FN5OS2. The summed E-state index contributed by atoms with van der Waals surface area (Å²) in [6.07, 6.45) is 3.96. The molecule has 4 aromatic rings. The molecule has 0 aliphatic carbocycles. The first-order valence-electron chi connectivity index (χ1n) is 9.74. The van der Waals surface area contributed by atoms with Crippen LogP contribution in [0.3, 0.4) is 0 Å².